The maximum atomic E-state index is 12.2. The van der Waals surface area contributed by atoms with Gasteiger partial charge in [0.15, 0.2) is 5.70 Å². The lowest BCUT2D eigenvalue weighted by Crippen LogP contribution is -2.11. The molecule has 0 fully saturated rings. The Morgan fingerprint density at radius 3 is 2.41 bits per heavy atom. The topological polar surface area (TPSA) is 51.8 Å². The number of carbonyl (C=O) groups is 1. The fourth-order valence-electron chi connectivity index (χ4n) is 3.01. The fraction of sp³-hybridized carbons (Fsp3) is 0.167. The van der Waals surface area contributed by atoms with E-state index < -0.39 is 5.97 Å². The second kappa shape index (κ2) is 7.37. The molecule has 5 heteroatoms. The monoisotopic (exact) mass is 405 g/mol. The number of halogens is 1. The van der Waals surface area contributed by atoms with Gasteiger partial charge in [-0.1, -0.05) is 56.6 Å². The van der Waals surface area contributed by atoms with Crippen LogP contribution in [-0.4, -0.2) is 11.9 Å². The van der Waals surface area contributed by atoms with Crippen LogP contribution in [0.3, 0.4) is 0 Å². The predicted octanol–water partition coefficient (Wildman–Crippen LogP) is 6.24. The maximum absolute atomic E-state index is 12.2. The van der Waals surface area contributed by atoms with Crippen LogP contribution in [0.25, 0.3) is 17.4 Å². The molecule has 0 unspecified atom stereocenters. The highest BCUT2D eigenvalue weighted by Gasteiger charge is 2.25. The molecule has 4 nitrogen and oxygen atoms in total. The third-order valence-electron chi connectivity index (χ3n) is 4.63. The molecule has 1 aromatic heterocycles. The number of cyclic esters (lactones) is 1. The lowest BCUT2D eigenvalue weighted by molar-refractivity contribution is -0.129. The Bertz CT molecular complexity index is 1130. The molecule has 0 atom stereocenters. The van der Waals surface area contributed by atoms with E-state index in [0.29, 0.717) is 22.4 Å². The molecule has 0 amide bonds. The third kappa shape index (κ3) is 4.17. The number of aliphatic imine (C=N–C) groups is 1. The molecule has 1 aliphatic heterocycles. The molecule has 0 N–H and O–H groups in total. The molecule has 0 bridgehead atoms. The summed E-state index contributed by atoms with van der Waals surface area (Å²) >= 11 is 6.03. The molecule has 29 heavy (non-hydrogen) atoms. The summed E-state index contributed by atoms with van der Waals surface area (Å²) in [7, 11) is 0. The van der Waals surface area contributed by atoms with Crippen molar-refractivity contribution in [1.82, 2.24) is 0 Å². The highest BCUT2D eigenvalue weighted by Crippen LogP contribution is 2.27. The zero-order chi connectivity index (χ0) is 20.6. The van der Waals surface area contributed by atoms with Crippen LogP contribution in [0.5, 0.6) is 0 Å². The lowest BCUT2D eigenvalue weighted by Gasteiger charge is -2.18. The number of carbonyl (C=O) groups excluding carboxylic acids is 1. The van der Waals surface area contributed by atoms with Crippen LogP contribution in [0.4, 0.5) is 0 Å². The van der Waals surface area contributed by atoms with Gasteiger partial charge in [-0.2, -0.15) is 0 Å². The molecule has 4 rings (SSSR count). The van der Waals surface area contributed by atoms with Gasteiger partial charge >= 0.3 is 5.97 Å². The summed E-state index contributed by atoms with van der Waals surface area (Å²) in [6.45, 7) is 6.45. The van der Waals surface area contributed by atoms with E-state index in [4.69, 9.17) is 20.8 Å². The van der Waals surface area contributed by atoms with Crippen LogP contribution in [0.2, 0.25) is 5.02 Å². The highest BCUT2D eigenvalue weighted by molar-refractivity contribution is 6.30. The highest BCUT2D eigenvalue weighted by atomic mass is 35.5. The van der Waals surface area contributed by atoms with Crippen LogP contribution >= 0.6 is 11.6 Å². The Morgan fingerprint density at radius 1 is 0.966 bits per heavy atom. The summed E-state index contributed by atoms with van der Waals surface area (Å²) in [6, 6.07) is 18.9. The van der Waals surface area contributed by atoms with E-state index in [1.807, 2.05) is 48.5 Å². The minimum atomic E-state index is -0.499. The van der Waals surface area contributed by atoms with Gasteiger partial charge in [0.25, 0.3) is 0 Å². The number of hydrogen-bond donors (Lipinski definition) is 0. The van der Waals surface area contributed by atoms with Crippen LogP contribution in [0.1, 0.15) is 37.7 Å². The van der Waals surface area contributed by atoms with Crippen molar-refractivity contribution in [1.29, 1.82) is 0 Å². The van der Waals surface area contributed by atoms with Gasteiger partial charge in [-0.15, -0.1) is 0 Å². The van der Waals surface area contributed by atoms with Gasteiger partial charge in [-0.05, 0) is 47.4 Å². The summed E-state index contributed by atoms with van der Waals surface area (Å²) in [5.74, 6) is 0.969. The molecule has 0 aliphatic carbocycles. The summed E-state index contributed by atoms with van der Waals surface area (Å²) in [5, 5.41) is 0.630. The SMILES string of the molecule is CC(C)(C)c1ccc(C2=N/C(=C\c3ccc(-c4cccc(Cl)c4)o3)C(=O)O2)cc1. The van der Waals surface area contributed by atoms with Crippen molar-refractivity contribution >= 4 is 29.5 Å². The van der Waals surface area contributed by atoms with E-state index in [2.05, 4.69) is 25.8 Å². The minimum Gasteiger partial charge on any atom is -0.457 e. The van der Waals surface area contributed by atoms with Crippen molar-refractivity contribution < 1.29 is 13.9 Å². The molecular formula is C24H20ClNO3. The number of nitrogens with zero attached hydrogens (tertiary/aromatic N) is 1. The number of rotatable bonds is 3. The molecule has 0 saturated carbocycles. The second-order valence-corrected chi connectivity index (χ2v) is 8.31. The molecule has 0 radical (unpaired) electrons. The van der Waals surface area contributed by atoms with Gasteiger partial charge in [0, 0.05) is 22.2 Å². The predicted molar refractivity (Wildman–Crippen MR) is 115 cm³/mol. The first-order valence-electron chi connectivity index (χ1n) is 9.29. The Balaban J connectivity index is 1.58. The first-order valence-corrected chi connectivity index (χ1v) is 9.67. The molecule has 0 spiro atoms. The van der Waals surface area contributed by atoms with Gasteiger partial charge in [0.2, 0.25) is 5.90 Å². The van der Waals surface area contributed by atoms with Crippen LogP contribution < -0.4 is 0 Å². The number of ether oxygens (including phenoxy) is 1. The van der Waals surface area contributed by atoms with E-state index in [1.54, 1.807) is 18.2 Å². The molecule has 0 saturated heterocycles. The molecule has 3 aromatic rings. The third-order valence-corrected chi connectivity index (χ3v) is 4.87. The lowest BCUT2D eigenvalue weighted by atomic mass is 9.87. The average Bonchev–Trinajstić information content (AvgIpc) is 3.29. The van der Waals surface area contributed by atoms with Crippen molar-refractivity contribution in [3.05, 3.63) is 88.3 Å². The number of hydrogen-bond acceptors (Lipinski definition) is 4. The number of esters is 1. The van der Waals surface area contributed by atoms with E-state index >= 15 is 0 Å². The maximum Gasteiger partial charge on any atom is 0.363 e. The summed E-state index contributed by atoms with van der Waals surface area (Å²) in [6.07, 6.45) is 1.58. The van der Waals surface area contributed by atoms with E-state index in [-0.39, 0.29) is 11.1 Å². The van der Waals surface area contributed by atoms with Gasteiger partial charge < -0.3 is 9.15 Å². The van der Waals surface area contributed by atoms with E-state index in [1.165, 1.54) is 5.56 Å². The van der Waals surface area contributed by atoms with Crippen molar-refractivity contribution in [2.24, 2.45) is 4.99 Å². The van der Waals surface area contributed by atoms with E-state index in [0.717, 1.165) is 11.1 Å². The van der Waals surface area contributed by atoms with Crippen molar-refractivity contribution in [2.75, 3.05) is 0 Å². The zero-order valence-electron chi connectivity index (χ0n) is 16.4. The van der Waals surface area contributed by atoms with Gasteiger partial charge in [-0.3, -0.25) is 0 Å². The van der Waals surface area contributed by atoms with Crippen molar-refractivity contribution in [3.8, 4) is 11.3 Å². The fourth-order valence-corrected chi connectivity index (χ4v) is 3.20. The molecular weight excluding hydrogens is 386 g/mol. The quantitative estimate of drug-likeness (QED) is 0.382. The average molecular weight is 406 g/mol. The first kappa shape index (κ1) is 19.2. The Labute approximate surface area is 174 Å². The van der Waals surface area contributed by atoms with Crippen molar-refractivity contribution in [3.63, 3.8) is 0 Å². The molecule has 2 aromatic carbocycles. The Hall–Kier alpha value is -3.11. The van der Waals surface area contributed by atoms with Crippen LogP contribution in [0.15, 0.2) is 75.8 Å². The molecule has 1 aliphatic rings. The van der Waals surface area contributed by atoms with E-state index in [9.17, 15) is 4.79 Å². The van der Waals surface area contributed by atoms with Gasteiger partial charge in [-0.25, -0.2) is 9.79 Å². The van der Waals surface area contributed by atoms with Gasteiger partial charge in [0.05, 0.1) is 0 Å². The summed E-state index contributed by atoms with van der Waals surface area (Å²) < 4.78 is 11.2. The molecule has 2 heterocycles. The van der Waals surface area contributed by atoms with Gasteiger partial charge in [0.1, 0.15) is 11.5 Å². The minimum absolute atomic E-state index is 0.0533. The number of furan rings is 1. The van der Waals surface area contributed by atoms with Crippen LogP contribution in [0, 0.1) is 0 Å². The first-order chi connectivity index (χ1) is 13.8. The smallest absolute Gasteiger partial charge is 0.363 e. The Morgan fingerprint density at radius 2 is 1.72 bits per heavy atom. The largest absolute Gasteiger partial charge is 0.457 e. The zero-order valence-corrected chi connectivity index (χ0v) is 17.2. The number of benzene rings is 2. The summed E-state index contributed by atoms with van der Waals surface area (Å²) in [4.78, 5) is 16.6. The van der Waals surface area contributed by atoms with Crippen molar-refractivity contribution in [2.45, 2.75) is 26.2 Å². The second-order valence-electron chi connectivity index (χ2n) is 7.88. The normalized spacial score (nSPS) is 15.5. The standard InChI is InChI=1S/C24H20ClNO3/c1-24(2,3)17-9-7-15(8-10-17)22-26-20(23(27)29-22)14-19-11-12-21(28-19)16-5-4-6-18(25)13-16/h4-14H,1-3H3/b20-14-. The van der Waals surface area contributed by atoms with Crippen LogP contribution in [-0.2, 0) is 14.9 Å². The Kier molecular flexibility index (Phi) is 4.89. The summed E-state index contributed by atoms with van der Waals surface area (Å²) in [5.41, 5.74) is 3.07. The molecule has 146 valence electrons.